The van der Waals surface area contributed by atoms with Crippen LogP contribution in [0.15, 0.2) is 85.3 Å². The molecule has 0 radical (unpaired) electrons. The number of imidazole rings is 1. The first-order chi connectivity index (χ1) is 20.2. The Bertz CT molecular complexity index is 1550. The van der Waals surface area contributed by atoms with Crippen LogP contribution in [0.5, 0.6) is 0 Å². The molecule has 10 heteroatoms. The van der Waals surface area contributed by atoms with Gasteiger partial charge in [0.15, 0.2) is 5.11 Å². The maximum absolute atomic E-state index is 13.3. The number of benzene rings is 3. The van der Waals surface area contributed by atoms with Crippen LogP contribution in [0.25, 0.3) is 0 Å². The fraction of sp³-hybridized carbons (Fsp3) is 0.250. The van der Waals surface area contributed by atoms with Gasteiger partial charge in [-0.25, -0.2) is 4.98 Å². The van der Waals surface area contributed by atoms with Crippen molar-refractivity contribution in [3.8, 4) is 6.07 Å². The smallest absolute Gasteiger partial charge is 0.226 e. The van der Waals surface area contributed by atoms with Gasteiger partial charge in [-0.1, -0.05) is 79.5 Å². The highest BCUT2D eigenvalue weighted by atomic mass is 35.5. The van der Waals surface area contributed by atoms with Gasteiger partial charge in [-0.05, 0) is 59.6 Å². The normalized spacial score (nSPS) is 11.5. The predicted octanol–water partition coefficient (Wildman–Crippen LogP) is 6.69. The zero-order chi connectivity index (χ0) is 30.1. The summed E-state index contributed by atoms with van der Waals surface area (Å²) in [5, 5.41) is 17.0. The Morgan fingerprint density at radius 1 is 1.07 bits per heavy atom. The van der Waals surface area contributed by atoms with Crippen LogP contribution >= 0.6 is 35.4 Å². The summed E-state index contributed by atoms with van der Waals surface area (Å²) < 4.78 is 1.94. The maximum Gasteiger partial charge on any atom is 0.226 e. The molecule has 0 aliphatic rings. The van der Waals surface area contributed by atoms with Crippen molar-refractivity contribution in [2.24, 2.45) is 5.92 Å². The molecule has 3 aromatic carbocycles. The largest absolute Gasteiger partial charge is 0.351 e. The number of carbonyl (C=O) groups is 1. The molecule has 42 heavy (non-hydrogen) atoms. The summed E-state index contributed by atoms with van der Waals surface area (Å²) in [5.74, 6) is 0.00678. The van der Waals surface area contributed by atoms with Gasteiger partial charge in [0.05, 0.1) is 34.4 Å². The summed E-state index contributed by atoms with van der Waals surface area (Å²) in [6.07, 6.45) is 3.59. The number of rotatable bonds is 11. The number of hydrogen-bond donors (Lipinski definition) is 2. The molecule has 1 amide bonds. The first-order valence-electron chi connectivity index (χ1n) is 13.5. The molecule has 0 fully saturated rings. The highest BCUT2D eigenvalue weighted by Gasteiger charge is 2.23. The van der Waals surface area contributed by atoms with Crippen molar-refractivity contribution in [2.45, 2.75) is 39.4 Å². The lowest BCUT2D eigenvalue weighted by molar-refractivity contribution is -0.121. The number of aromatic nitrogens is 2. The number of nitrogens with one attached hydrogen (secondary N) is 2. The molecule has 0 aliphatic heterocycles. The number of amides is 1. The van der Waals surface area contributed by atoms with Crippen molar-refractivity contribution >= 4 is 52.1 Å². The Kier molecular flexibility index (Phi) is 11.0. The molecule has 0 spiro atoms. The molecule has 1 atom stereocenters. The molecule has 0 aliphatic carbocycles. The molecule has 0 bridgehead atoms. The summed E-state index contributed by atoms with van der Waals surface area (Å²) in [6.45, 7) is 5.55. The Morgan fingerprint density at radius 3 is 2.50 bits per heavy atom. The van der Waals surface area contributed by atoms with Crippen LogP contribution < -0.4 is 10.6 Å². The molecule has 4 aromatic rings. The van der Waals surface area contributed by atoms with Crippen LogP contribution in [0.1, 0.15) is 36.2 Å². The average Bonchev–Trinajstić information content (AvgIpc) is 3.41. The van der Waals surface area contributed by atoms with Crippen LogP contribution in [0.3, 0.4) is 0 Å². The number of thiocarbonyl (C=S) groups is 1. The molecular weight excluding hydrogens is 587 g/mol. The van der Waals surface area contributed by atoms with Crippen molar-refractivity contribution in [3.05, 3.63) is 118 Å². The fourth-order valence-corrected chi connectivity index (χ4v) is 5.06. The van der Waals surface area contributed by atoms with E-state index >= 15 is 0 Å². The zero-order valence-corrected chi connectivity index (χ0v) is 25.8. The van der Waals surface area contributed by atoms with E-state index in [1.165, 1.54) is 0 Å². The highest BCUT2D eigenvalue weighted by Crippen LogP contribution is 2.27. The monoisotopic (exact) mass is 618 g/mol. The highest BCUT2D eigenvalue weighted by molar-refractivity contribution is 7.80. The third-order valence-electron chi connectivity index (χ3n) is 6.85. The van der Waals surface area contributed by atoms with Gasteiger partial charge in [0.2, 0.25) is 5.91 Å². The summed E-state index contributed by atoms with van der Waals surface area (Å²) in [5.41, 5.74) is 4.12. The molecule has 0 saturated carbocycles. The number of halogens is 2. The number of anilines is 1. The SMILES string of the molecule is CC(C)[C@@H](CN(Cc1cccc(Cl)c1Cl)C(=S)Nc1ccccc1)NC(=O)Cc1cncn1Cc1ccc(C#N)cc1. The quantitative estimate of drug-likeness (QED) is 0.182. The Balaban J connectivity index is 1.47. The van der Waals surface area contributed by atoms with Gasteiger partial charge in [0, 0.05) is 43.3 Å². The lowest BCUT2D eigenvalue weighted by Gasteiger charge is -2.32. The Labute approximate surface area is 262 Å². The van der Waals surface area contributed by atoms with E-state index in [-0.39, 0.29) is 24.3 Å². The van der Waals surface area contributed by atoms with Gasteiger partial charge in [-0.3, -0.25) is 4.79 Å². The standard InChI is InChI=1S/C32H32Cl2N6OS/c1-22(2)29(38-30(41)15-27-17-36-21-40(27)18-24-13-11-23(16-35)12-14-24)20-39(19-25-7-6-10-28(33)31(25)34)32(42)37-26-8-4-3-5-9-26/h3-14,17,21-22,29H,15,18-20H2,1-2H3,(H,37,42)(H,38,41)/t29-/m1/s1. The molecule has 4 rings (SSSR count). The zero-order valence-electron chi connectivity index (χ0n) is 23.4. The molecule has 216 valence electrons. The van der Waals surface area contributed by atoms with E-state index in [9.17, 15) is 4.79 Å². The van der Waals surface area contributed by atoms with Crippen molar-refractivity contribution in [2.75, 3.05) is 11.9 Å². The number of para-hydroxylation sites is 1. The van der Waals surface area contributed by atoms with Crippen LogP contribution in [0.2, 0.25) is 10.0 Å². The second-order valence-electron chi connectivity index (χ2n) is 10.3. The molecule has 0 unspecified atom stereocenters. The minimum atomic E-state index is -0.208. The Morgan fingerprint density at radius 2 is 1.81 bits per heavy atom. The second kappa shape index (κ2) is 14.8. The van der Waals surface area contributed by atoms with E-state index in [1.807, 2.05) is 64.1 Å². The lowest BCUT2D eigenvalue weighted by Crippen LogP contribution is -2.49. The van der Waals surface area contributed by atoms with Crippen molar-refractivity contribution < 1.29 is 4.79 Å². The van der Waals surface area contributed by atoms with Crippen LogP contribution in [0, 0.1) is 17.2 Å². The maximum atomic E-state index is 13.3. The van der Waals surface area contributed by atoms with E-state index in [0.29, 0.717) is 40.4 Å². The lowest BCUT2D eigenvalue weighted by atomic mass is 10.0. The molecule has 2 N–H and O–H groups in total. The van der Waals surface area contributed by atoms with Crippen LogP contribution in [-0.2, 0) is 24.3 Å². The first-order valence-corrected chi connectivity index (χ1v) is 14.7. The molecular formula is C32H32Cl2N6OS. The summed E-state index contributed by atoms with van der Waals surface area (Å²) >= 11 is 18.7. The molecule has 0 saturated heterocycles. The summed E-state index contributed by atoms with van der Waals surface area (Å²) in [6, 6.07) is 24.5. The number of nitrogens with zero attached hydrogens (tertiary/aromatic N) is 4. The van der Waals surface area contributed by atoms with Crippen LogP contribution in [-0.4, -0.2) is 38.1 Å². The minimum Gasteiger partial charge on any atom is -0.351 e. The average molecular weight is 620 g/mol. The molecule has 1 aromatic heterocycles. The van der Waals surface area contributed by atoms with Gasteiger partial charge in [0.25, 0.3) is 0 Å². The third-order valence-corrected chi connectivity index (χ3v) is 8.07. The number of hydrogen-bond acceptors (Lipinski definition) is 4. The fourth-order valence-electron chi connectivity index (χ4n) is 4.42. The van der Waals surface area contributed by atoms with E-state index in [0.717, 1.165) is 22.5 Å². The van der Waals surface area contributed by atoms with E-state index in [1.54, 1.807) is 30.7 Å². The van der Waals surface area contributed by atoms with E-state index < -0.39 is 0 Å². The molecule has 1 heterocycles. The van der Waals surface area contributed by atoms with Crippen molar-refractivity contribution in [3.63, 3.8) is 0 Å². The number of nitriles is 1. The number of carbonyl (C=O) groups excluding carboxylic acids is 1. The van der Waals surface area contributed by atoms with E-state index in [2.05, 4.69) is 35.5 Å². The van der Waals surface area contributed by atoms with Crippen molar-refractivity contribution in [1.82, 2.24) is 19.8 Å². The van der Waals surface area contributed by atoms with Gasteiger partial charge in [-0.15, -0.1) is 0 Å². The third kappa shape index (κ3) is 8.56. The summed E-state index contributed by atoms with van der Waals surface area (Å²) in [7, 11) is 0. The van der Waals surface area contributed by atoms with Gasteiger partial charge in [-0.2, -0.15) is 5.26 Å². The topological polar surface area (TPSA) is 86.0 Å². The molecule has 7 nitrogen and oxygen atoms in total. The predicted molar refractivity (Wildman–Crippen MR) is 172 cm³/mol. The minimum absolute atomic E-state index is 0.113. The van der Waals surface area contributed by atoms with E-state index in [4.69, 9.17) is 40.7 Å². The first kappa shape index (κ1) is 31.0. The van der Waals surface area contributed by atoms with Crippen molar-refractivity contribution in [1.29, 1.82) is 5.26 Å². The van der Waals surface area contributed by atoms with Gasteiger partial charge >= 0.3 is 0 Å². The van der Waals surface area contributed by atoms with Crippen LogP contribution in [0.4, 0.5) is 5.69 Å². The second-order valence-corrected chi connectivity index (χ2v) is 11.5. The van der Waals surface area contributed by atoms with Gasteiger partial charge in [0.1, 0.15) is 0 Å². The summed E-state index contributed by atoms with van der Waals surface area (Å²) in [4.78, 5) is 19.6. The van der Waals surface area contributed by atoms with Gasteiger partial charge < -0.3 is 20.1 Å². The Hall–Kier alpha value is -3.90.